The molecule has 0 bridgehead atoms. The maximum absolute atomic E-state index is 12.5. The molecule has 20 heavy (non-hydrogen) atoms. The van der Waals surface area contributed by atoms with Crippen molar-refractivity contribution in [1.82, 2.24) is 19.4 Å². The number of nitrogens with zero attached hydrogens (tertiary/aromatic N) is 3. The Bertz CT molecular complexity index is 553. The van der Waals surface area contributed by atoms with Gasteiger partial charge in [-0.25, -0.2) is 8.42 Å². The number of rotatable bonds is 5. The predicted molar refractivity (Wildman–Crippen MR) is 62.1 cm³/mol. The number of aromatic amines is 1. The van der Waals surface area contributed by atoms with Crippen LogP contribution in [0.3, 0.4) is 0 Å². The number of sulfonamides is 1. The Morgan fingerprint density at radius 3 is 2.40 bits per heavy atom. The maximum atomic E-state index is 12.5. The molecule has 1 aromatic rings. The zero-order chi connectivity index (χ0) is 15.6. The highest BCUT2D eigenvalue weighted by molar-refractivity contribution is 7.89. The molecule has 1 heterocycles. The van der Waals surface area contributed by atoms with E-state index in [0.29, 0.717) is 0 Å². The zero-order valence-electron chi connectivity index (χ0n) is 10.7. The molecule has 11 heteroatoms. The highest BCUT2D eigenvalue weighted by Gasteiger charge is 2.38. The van der Waals surface area contributed by atoms with E-state index >= 15 is 0 Å². The summed E-state index contributed by atoms with van der Waals surface area (Å²) in [6.45, 7) is -2.66. The molecule has 0 atom stereocenters. The predicted octanol–water partition coefficient (Wildman–Crippen LogP) is 0.0509. The van der Waals surface area contributed by atoms with E-state index in [4.69, 9.17) is 0 Å². The van der Waals surface area contributed by atoms with Crippen LogP contribution >= 0.6 is 0 Å². The molecule has 1 N–H and O–H groups in total. The van der Waals surface area contributed by atoms with Crippen LogP contribution < -0.4 is 0 Å². The first kappa shape index (κ1) is 16.4. The van der Waals surface area contributed by atoms with E-state index in [-0.39, 0.29) is 4.31 Å². The fraction of sp³-hybridized carbons (Fsp3) is 0.556. The summed E-state index contributed by atoms with van der Waals surface area (Å²) in [4.78, 5) is 12.5. The SMILES string of the molecule is CN(C)C(=O)CN(CC(F)(F)F)S(=O)(=O)c1ccn[nH]1. The summed E-state index contributed by atoms with van der Waals surface area (Å²) < 4.78 is 61.5. The highest BCUT2D eigenvalue weighted by Crippen LogP contribution is 2.21. The van der Waals surface area contributed by atoms with Gasteiger partial charge in [-0.05, 0) is 6.07 Å². The second kappa shape index (κ2) is 5.79. The van der Waals surface area contributed by atoms with E-state index in [1.165, 1.54) is 14.1 Å². The van der Waals surface area contributed by atoms with Crippen molar-refractivity contribution in [2.24, 2.45) is 0 Å². The number of halogens is 3. The molecule has 0 aliphatic rings. The lowest BCUT2D eigenvalue weighted by Gasteiger charge is -2.23. The van der Waals surface area contributed by atoms with Crippen molar-refractivity contribution >= 4 is 15.9 Å². The molecule has 0 saturated heterocycles. The Morgan fingerprint density at radius 2 is 2.00 bits per heavy atom. The molecular formula is C9H13F3N4O3S. The Balaban J connectivity index is 3.08. The number of H-pyrrole nitrogens is 1. The summed E-state index contributed by atoms with van der Waals surface area (Å²) in [5.41, 5.74) is 0. The monoisotopic (exact) mass is 314 g/mol. The lowest BCUT2D eigenvalue weighted by Crippen LogP contribution is -2.44. The summed E-state index contributed by atoms with van der Waals surface area (Å²) in [5, 5.41) is 4.94. The van der Waals surface area contributed by atoms with Gasteiger partial charge in [-0.3, -0.25) is 9.89 Å². The first-order valence-electron chi connectivity index (χ1n) is 5.30. The standard InChI is InChI=1S/C9H13F3N4O3S/c1-15(2)8(17)5-16(6-9(10,11)12)20(18,19)7-3-4-13-14-7/h3-4H,5-6H2,1-2H3,(H,13,14). The van der Waals surface area contributed by atoms with Crippen molar-refractivity contribution < 1.29 is 26.4 Å². The largest absolute Gasteiger partial charge is 0.402 e. The minimum Gasteiger partial charge on any atom is -0.348 e. The van der Waals surface area contributed by atoms with Gasteiger partial charge in [0.05, 0.1) is 12.7 Å². The molecule has 7 nitrogen and oxygen atoms in total. The number of aromatic nitrogens is 2. The summed E-state index contributed by atoms with van der Waals surface area (Å²) in [6, 6.07) is 1.01. The van der Waals surface area contributed by atoms with Crippen molar-refractivity contribution in [3.8, 4) is 0 Å². The van der Waals surface area contributed by atoms with Crippen molar-refractivity contribution in [2.45, 2.75) is 11.2 Å². The molecule has 0 fully saturated rings. The van der Waals surface area contributed by atoms with E-state index in [0.717, 1.165) is 17.2 Å². The van der Waals surface area contributed by atoms with Gasteiger partial charge in [0.2, 0.25) is 5.91 Å². The third kappa shape index (κ3) is 4.20. The second-order valence-electron chi connectivity index (χ2n) is 4.10. The summed E-state index contributed by atoms with van der Waals surface area (Å²) in [6.07, 6.45) is -3.67. The average molecular weight is 314 g/mol. The minimum atomic E-state index is -4.76. The van der Waals surface area contributed by atoms with E-state index in [1.54, 1.807) is 0 Å². The van der Waals surface area contributed by atoms with Crippen LogP contribution in [-0.2, 0) is 14.8 Å². The molecule has 0 aliphatic heterocycles. The van der Waals surface area contributed by atoms with Crippen LogP contribution in [-0.4, -0.2) is 67.1 Å². The van der Waals surface area contributed by atoms with Gasteiger partial charge in [0, 0.05) is 14.1 Å². The first-order chi connectivity index (χ1) is 9.04. The van der Waals surface area contributed by atoms with Crippen molar-refractivity contribution in [3.05, 3.63) is 12.3 Å². The number of hydrogen-bond donors (Lipinski definition) is 1. The number of carbonyl (C=O) groups is 1. The van der Waals surface area contributed by atoms with Crippen LogP contribution in [0.15, 0.2) is 17.3 Å². The van der Waals surface area contributed by atoms with Gasteiger partial charge < -0.3 is 4.90 Å². The van der Waals surface area contributed by atoms with Crippen LogP contribution in [0.4, 0.5) is 13.2 Å². The third-order valence-corrected chi connectivity index (χ3v) is 3.98. The molecule has 0 aromatic carbocycles. The van der Waals surface area contributed by atoms with E-state index in [1.807, 2.05) is 0 Å². The quantitative estimate of drug-likeness (QED) is 0.832. The molecule has 0 aliphatic carbocycles. The Hall–Kier alpha value is -1.62. The summed E-state index contributed by atoms with van der Waals surface area (Å²) in [5.74, 6) is -0.766. The zero-order valence-corrected chi connectivity index (χ0v) is 11.5. The molecule has 0 spiro atoms. The molecule has 0 unspecified atom stereocenters. The smallest absolute Gasteiger partial charge is 0.348 e. The van der Waals surface area contributed by atoms with Gasteiger partial charge in [0.1, 0.15) is 6.54 Å². The van der Waals surface area contributed by atoms with Gasteiger partial charge in [-0.2, -0.15) is 22.6 Å². The second-order valence-corrected chi connectivity index (χ2v) is 6.00. The molecule has 1 amide bonds. The maximum Gasteiger partial charge on any atom is 0.402 e. The molecule has 114 valence electrons. The van der Waals surface area contributed by atoms with E-state index in [2.05, 4.69) is 10.2 Å². The average Bonchev–Trinajstić information content (AvgIpc) is 2.79. The number of alkyl halides is 3. The first-order valence-corrected chi connectivity index (χ1v) is 6.74. The number of carbonyl (C=O) groups excluding carboxylic acids is 1. The van der Waals surface area contributed by atoms with Crippen LogP contribution in [0.1, 0.15) is 0 Å². The minimum absolute atomic E-state index is 0.0584. The summed E-state index contributed by atoms with van der Waals surface area (Å²) >= 11 is 0. The van der Waals surface area contributed by atoms with Gasteiger partial charge in [-0.15, -0.1) is 0 Å². The van der Waals surface area contributed by atoms with Crippen LogP contribution in [0.5, 0.6) is 0 Å². The van der Waals surface area contributed by atoms with Crippen LogP contribution in [0.25, 0.3) is 0 Å². The van der Waals surface area contributed by atoms with Crippen molar-refractivity contribution in [3.63, 3.8) is 0 Å². The fourth-order valence-corrected chi connectivity index (χ4v) is 2.52. The normalized spacial score (nSPS) is 12.7. The van der Waals surface area contributed by atoms with Crippen molar-refractivity contribution in [2.75, 3.05) is 27.2 Å². The lowest BCUT2D eigenvalue weighted by molar-refractivity contribution is -0.141. The molecule has 0 radical (unpaired) electrons. The molecule has 0 saturated carbocycles. The molecule has 1 aromatic heterocycles. The Morgan fingerprint density at radius 1 is 1.40 bits per heavy atom. The van der Waals surface area contributed by atoms with Gasteiger partial charge in [0.25, 0.3) is 10.0 Å². The summed E-state index contributed by atoms with van der Waals surface area (Å²) in [7, 11) is -1.84. The Labute approximate surface area is 113 Å². The van der Waals surface area contributed by atoms with Crippen molar-refractivity contribution in [1.29, 1.82) is 0 Å². The third-order valence-electron chi connectivity index (χ3n) is 2.26. The van der Waals surface area contributed by atoms with E-state index < -0.39 is 40.2 Å². The van der Waals surface area contributed by atoms with E-state index in [9.17, 15) is 26.4 Å². The number of nitrogens with one attached hydrogen (secondary N) is 1. The number of likely N-dealkylation sites (N-methyl/N-ethyl adjacent to an activating group) is 1. The topological polar surface area (TPSA) is 86.4 Å². The fourth-order valence-electron chi connectivity index (χ4n) is 1.24. The van der Waals surface area contributed by atoms with Gasteiger partial charge in [0.15, 0.2) is 5.03 Å². The number of amides is 1. The Kier molecular flexibility index (Phi) is 4.76. The molecule has 1 rings (SSSR count). The molecular weight excluding hydrogens is 301 g/mol. The lowest BCUT2D eigenvalue weighted by atomic mass is 10.5. The van der Waals surface area contributed by atoms with Gasteiger partial charge >= 0.3 is 6.18 Å². The van der Waals surface area contributed by atoms with Crippen LogP contribution in [0.2, 0.25) is 0 Å². The number of hydrogen-bond acceptors (Lipinski definition) is 4. The highest BCUT2D eigenvalue weighted by atomic mass is 32.2. The van der Waals surface area contributed by atoms with Gasteiger partial charge in [-0.1, -0.05) is 0 Å². The van der Waals surface area contributed by atoms with Crippen LogP contribution in [0, 0.1) is 0 Å².